The van der Waals surface area contributed by atoms with Gasteiger partial charge in [-0.25, -0.2) is 0 Å². The van der Waals surface area contributed by atoms with Gasteiger partial charge < -0.3 is 9.47 Å². The molecule has 162 valence electrons. The zero-order valence-electron chi connectivity index (χ0n) is 16.2. The number of methoxy groups -OCH3 is 1. The van der Waals surface area contributed by atoms with Crippen molar-refractivity contribution in [1.82, 2.24) is 0 Å². The van der Waals surface area contributed by atoms with Crippen molar-refractivity contribution in [2.75, 3.05) is 12.5 Å². The van der Waals surface area contributed by atoms with E-state index in [0.717, 1.165) is 12.1 Å². The fourth-order valence-corrected chi connectivity index (χ4v) is 3.21. The van der Waals surface area contributed by atoms with Crippen LogP contribution in [0.1, 0.15) is 16.7 Å². The van der Waals surface area contributed by atoms with Gasteiger partial charge in [-0.15, -0.1) is 0 Å². The Balaban J connectivity index is 1.80. The molecule has 0 fully saturated rings. The maximum absolute atomic E-state index is 12.9. The minimum absolute atomic E-state index is 0.0841. The minimum Gasteiger partial charge on any atom is -0.493 e. The molecule has 0 aliphatic carbocycles. The van der Waals surface area contributed by atoms with Crippen molar-refractivity contribution in [2.45, 2.75) is 12.8 Å². The molecule has 0 saturated carbocycles. The monoisotopic (exact) mass is 468 g/mol. The first-order valence-corrected chi connectivity index (χ1v) is 9.74. The summed E-state index contributed by atoms with van der Waals surface area (Å²) >= 11 is 12.4. The molecule has 1 N–H and O–H groups in total. The number of hydrogen-bond donors (Lipinski definition) is 1. The Bertz CT molecular complexity index is 1070. The Morgan fingerprint density at radius 2 is 1.68 bits per heavy atom. The molecular formula is C22H17Cl2F3N2O2. The number of anilines is 1. The standard InChI is InChI=1S/C22H17Cl2F3N2O2/c1-30-20-10-2-5-14(21(20)31-13-17-18(23)8-4-9-19(17)24)12-28-29-16-7-3-6-15(11-16)22(25,26)27/h2-12,29H,13H2,1H3. The van der Waals surface area contributed by atoms with Crippen LogP contribution in [0.3, 0.4) is 0 Å². The van der Waals surface area contributed by atoms with Gasteiger partial charge in [0, 0.05) is 21.2 Å². The molecular weight excluding hydrogens is 452 g/mol. The van der Waals surface area contributed by atoms with E-state index in [-0.39, 0.29) is 12.3 Å². The van der Waals surface area contributed by atoms with Gasteiger partial charge in [-0.05, 0) is 42.5 Å². The highest BCUT2D eigenvalue weighted by atomic mass is 35.5. The van der Waals surface area contributed by atoms with Crippen LogP contribution in [-0.2, 0) is 12.8 Å². The Kier molecular flexibility index (Phi) is 7.30. The number of rotatable bonds is 7. The zero-order valence-corrected chi connectivity index (χ0v) is 17.7. The Morgan fingerprint density at radius 3 is 2.35 bits per heavy atom. The fraction of sp³-hybridized carbons (Fsp3) is 0.136. The average molecular weight is 469 g/mol. The van der Waals surface area contributed by atoms with Gasteiger partial charge in [0.1, 0.15) is 6.61 Å². The Hall–Kier alpha value is -2.90. The number of alkyl halides is 3. The summed E-state index contributed by atoms with van der Waals surface area (Å²) in [5.41, 5.74) is 3.17. The van der Waals surface area contributed by atoms with E-state index in [4.69, 9.17) is 32.7 Å². The van der Waals surface area contributed by atoms with E-state index in [0.29, 0.717) is 32.7 Å². The van der Waals surface area contributed by atoms with E-state index in [9.17, 15) is 13.2 Å². The molecule has 0 heterocycles. The summed E-state index contributed by atoms with van der Waals surface area (Å²) in [6.45, 7) is 0.0841. The molecule has 0 unspecified atom stereocenters. The number of hydrogen-bond acceptors (Lipinski definition) is 4. The number of halogens is 5. The van der Waals surface area contributed by atoms with Crippen LogP contribution in [0, 0.1) is 0 Å². The van der Waals surface area contributed by atoms with Crippen molar-refractivity contribution in [1.29, 1.82) is 0 Å². The second kappa shape index (κ2) is 9.94. The van der Waals surface area contributed by atoms with E-state index in [1.807, 2.05) is 0 Å². The number of benzene rings is 3. The van der Waals surface area contributed by atoms with Gasteiger partial charge in [0.2, 0.25) is 0 Å². The minimum atomic E-state index is -4.44. The van der Waals surface area contributed by atoms with Crippen LogP contribution in [-0.4, -0.2) is 13.3 Å². The number of para-hydroxylation sites is 1. The van der Waals surface area contributed by atoms with Gasteiger partial charge in [-0.3, -0.25) is 5.43 Å². The summed E-state index contributed by atoms with van der Waals surface area (Å²) < 4.78 is 49.8. The molecule has 0 spiro atoms. The summed E-state index contributed by atoms with van der Waals surface area (Å²) in [5, 5.41) is 4.95. The van der Waals surface area contributed by atoms with Crippen LogP contribution >= 0.6 is 23.2 Å². The molecule has 0 radical (unpaired) electrons. The van der Waals surface area contributed by atoms with Crippen molar-refractivity contribution in [2.24, 2.45) is 5.10 Å². The van der Waals surface area contributed by atoms with Crippen LogP contribution in [0.25, 0.3) is 0 Å². The van der Waals surface area contributed by atoms with Crippen LogP contribution in [0.5, 0.6) is 11.5 Å². The lowest BCUT2D eigenvalue weighted by atomic mass is 10.2. The highest BCUT2D eigenvalue weighted by Crippen LogP contribution is 2.33. The summed E-state index contributed by atoms with van der Waals surface area (Å²) in [7, 11) is 1.49. The second-order valence-corrected chi connectivity index (χ2v) is 7.13. The van der Waals surface area contributed by atoms with E-state index >= 15 is 0 Å². The van der Waals surface area contributed by atoms with Gasteiger partial charge in [0.15, 0.2) is 11.5 Å². The maximum atomic E-state index is 12.9. The van der Waals surface area contributed by atoms with Crippen molar-refractivity contribution < 1.29 is 22.6 Å². The first-order chi connectivity index (χ1) is 14.8. The molecule has 3 rings (SSSR count). The first kappa shape index (κ1) is 22.8. The third-order valence-electron chi connectivity index (χ3n) is 4.24. The van der Waals surface area contributed by atoms with E-state index < -0.39 is 11.7 Å². The molecule has 0 aliphatic rings. The van der Waals surface area contributed by atoms with Crippen molar-refractivity contribution in [3.05, 3.63) is 87.4 Å². The van der Waals surface area contributed by atoms with Gasteiger partial charge >= 0.3 is 6.18 Å². The number of nitrogens with one attached hydrogen (secondary N) is 1. The molecule has 31 heavy (non-hydrogen) atoms. The molecule has 4 nitrogen and oxygen atoms in total. The normalized spacial score (nSPS) is 11.5. The van der Waals surface area contributed by atoms with Gasteiger partial charge in [-0.2, -0.15) is 18.3 Å². The molecule has 0 atom stereocenters. The quantitative estimate of drug-likeness (QED) is 0.298. The predicted octanol–water partition coefficient (Wildman–Crippen LogP) is 7.05. The van der Waals surface area contributed by atoms with Gasteiger partial charge in [0.25, 0.3) is 0 Å². The van der Waals surface area contributed by atoms with Gasteiger partial charge in [-0.1, -0.05) is 41.4 Å². The largest absolute Gasteiger partial charge is 0.493 e. The third-order valence-corrected chi connectivity index (χ3v) is 4.95. The highest BCUT2D eigenvalue weighted by molar-refractivity contribution is 6.35. The second-order valence-electron chi connectivity index (χ2n) is 6.32. The summed E-state index contributed by atoms with van der Waals surface area (Å²) in [5.74, 6) is 0.835. The Labute approximate surface area is 187 Å². The first-order valence-electron chi connectivity index (χ1n) is 8.98. The molecule has 0 amide bonds. The smallest absolute Gasteiger partial charge is 0.416 e. The SMILES string of the molecule is COc1cccc(C=NNc2cccc(C(F)(F)F)c2)c1OCc1c(Cl)cccc1Cl. The van der Waals surface area contributed by atoms with Crippen LogP contribution in [0.15, 0.2) is 65.8 Å². The molecule has 0 aliphatic heterocycles. The van der Waals surface area contributed by atoms with Crippen LogP contribution in [0.2, 0.25) is 10.0 Å². The zero-order chi connectivity index (χ0) is 22.4. The molecule has 3 aromatic carbocycles. The van der Waals surface area contributed by atoms with E-state index in [1.54, 1.807) is 36.4 Å². The topological polar surface area (TPSA) is 42.8 Å². The van der Waals surface area contributed by atoms with Crippen molar-refractivity contribution in [3.8, 4) is 11.5 Å². The van der Waals surface area contributed by atoms with Crippen molar-refractivity contribution >= 4 is 35.1 Å². The molecule has 9 heteroatoms. The van der Waals surface area contributed by atoms with Gasteiger partial charge in [0.05, 0.1) is 24.6 Å². The van der Waals surface area contributed by atoms with Crippen LogP contribution in [0.4, 0.5) is 18.9 Å². The summed E-state index contributed by atoms with van der Waals surface area (Å²) in [6.07, 6.45) is -3.01. The lowest BCUT2D eigenvalue weighted by molar-refractivity contribution is -0.137. The number of nitrogens with zero attached hydrogens (tertiary/aromatic N) is 1. The van der Waals surface area contributed by atoms with E-state index in [1.165, 1.54) is 25.5 Å². The average Bonchev–Trinajstić information content (AvgIpc) is 2.73. The lowest BCUT2D eigenvalue weighted by Crippen LogP contribution is -2.05. The Morgan fingerprint density at radius 1 is 1.00 bits per heavy atom. The lowest BCUT2D eigenvalue weighted by Gasteiger charge is -2.14. The molecule has 0 saturated heterocycles. The maximum Gasteiger partial charge on any atom is 0.416 e. The molecule has 0 bridgehead atoms. The number of ether oxygens (including phenoxy) is 2. The molecule has 0 aromatic heterocycles. The molecule has 3 aromatic rings. The predicted molar refractivity (Wildman–Crippen MR) is 116 cm³/mol. The number of hydrazone groups is 1. The summed E-state index contributed by atoms with van der Waals surface area (Å²) in [4.78, 5) is 0. The fourth-order valence-electron chi connectivity index (χ4n) is 2.71. The van der Waals surface area contributed by atoms with Crippen molar-refractivity contribution in [3.63, 3.8) is 0 Å². The highest BCUT2D eigenvalue weighted by Gasteiger charge is 2.30. The summed E-state index contributed by atoms with van der Waals surface area (Å²) in [6, 6.07) is 15.1. The van der Waals surface area contributed by atoms with Crippen LogP contribution < -0.4 is 14.9 Å². The van der Waals surface area contributed by atoms with E-state index in [2.05, 4.69) is 10.5 Å². The third kappa shape index (κ3) is 5.83.